The van der Waals surface area contributed by atoms with Gasteiger partial charge in [-0.05, 0) is 45.0 Å². The van der Waals surface area contributed by atoms with Gasteiger partial charge in [-0.1, -0.05) is 34.7 Å². The molecule has 0 saturated heterocycles. The number of carbonyl (C=O) groups excluding carboxylic acids is 1. The van der Waals surface area contributed by atoms with E-state index < -0.39 is 5.97 Å². The van der Waals surface area contributed by atoms with Crippen molar-refractivity contribution in [1.82, 2.24) is 0 Å². The third kappa shape index (κ3) is 9.52. The largest absolute Gasteiger partial charge is 0.496 e. The molecule has 0 fully saturated rings. The van der Waals surface area contributed by atoms with Gasteiger partial charge in [0.25, 0.3) is 0 Å². The predicted octanol–water partition coefficient (Wildman–Crippen LogP) is 4.82. The topological polar surface area (TPSA) is 75.6 Å². The molecule has 0 radical (unpaired) electrons. The summed E-state index contributed by atoms with van der Waals surface area (Å²) in [6.07, 6.45) is 5.81. The van der Waals surface area contributed by atoms with Crippen molar-refractivity contribution in [1.29, 1.82) is 0 Å². The predicted molar refractivity (Wildman–Crippen MR) is 105 cm³/mol. The summed E-state index contributed by atoms with van der Waals surface area (Å²) in [5, 5.41) is 11.6. The summed E-state index contributed by atoms with van der Waals surface area (Å²) in [7, 11) is 1.69. The Kier molecular flexibility index (Phi) is 11.0. The lowest BCUT2D eigenvalue weighted by atomic mass is 10.2. The van der Waals surface area contributed by atoms with Gasteiger partial charge in [0, 0.05) is 22.8 Å². The number of carboxylic acids is 1. The minimum atomic E-state index is -0.930. The van der Waals surface area contributed by atoms with Crippen LogP contribution >= 0.6 is 15.9 Å². The zero-order valence-electron chi connectivity index (χ0n) is 14.9. The number of hydrogen-bond acceptors (Lipinski definition) is 4. The highest BCUT2D eigenvalue weighted by atomic mass is 79.9. The summed E-state index contributed by atoms with van der Waals surface area (Å²) in [4.78, 5) is 21.2. The van der Waals surface area contributed by atoms with Crippen LogP contribution in [0.1, 0.15) is 31.1 Å². The normalized spacial score (nSPS) is 11.3. The fourth-order valence-electron chi connectivity index (χ4n) is 1.81. The zero-order chi connectivity index (χ0) is 19.4. The van der Waals surface area contributed by atoms with Gasteiger partial charge in [0.1, 0.15) is 6.29 Å². The second-order valence-electron chi connectivity index (χ2n) is 5.19. The SMILES string of the molecule is C=C/C=C(C=O)\C=C(/C)OC(C)C.CNc1ccc(Br)cc1C(=O)O. The Morgan fingerprint density at radius 1 is 1.40 bits per heavy atom. The monoisotopic (exact) mass is 409 g/mol. The van der Waals surface area contributed by atoms with Gasteiger partial charge < -0.3 is 15.2 Å². The third-order valence-corrected chi connectivity index (χ3v) is 3.21. The van der Waals surface area contributed by atoms with Crippen LogP contribution in [0.15, 0.2) is 58.8 Å². The van der Waals surface area contributed by atoms with E-state index in [1.165, 1.54) is 0 Å². The van der Waals surface area contributed by atoms with E-state index in [9.17, 15) is 9.59 Å². The number of ether oxygens (including phenoxy) is 1. The molecule has 0 aliphatic rings. The number of allylic oxidation sites excluding steroid dienone is 5. The number of carbonyl (C=O) groups is 2. The molecule has 0 unspecified atom stereocenters. The summed E-state index contributed by atoms with van der Waals surface area (Å²) in [5.41, 5.74) is 1.45. The summed E-state index contributed by atoms with van der Waals surface area (Å²) < 4.78 is 6.12. The first-order chi connectivity index (χ1) is 11.7. The van der Waals surface area contributed by atoms with Gasteiger partial charge in [-0.2, -0.15) is 0 Å². The van der Waals surface area contributed by atoms with Crippen LogP contribution in [0.25, 0.3) is 0 Å². The average Bonchev–Trinajstić information content (AvgIpc) is 2.54. The van der Waals surface area contributed by atoms with Crippen LogP contribution in [0.5, 0.6) is 0 Å². The summed E-state index contributed by atoms with van der Waals surface area (Å²) in [5.74, 6) is -0.198. The lowest BCUT2D eigenvalue weighted by Crippen LogP contribution is -2.02. The zero-order valence-corrected chi connectivity index (χ0v) is 16.5. The van der Waals surface area contributed by atoms with Crippen molar-refractivity contribution in [2.45, 2.75) is 26.9 Å². The van der Waals surface area contributed by atoms with Crippen molar-refractivity contribution >= 4 is 33.9 Å². The molecule has 0 amide bonds. The molecular weight excluding hydrogens is 386 g/mol. The summed E-state index contributed by atoms with van der Waals surface area (Å²) in [6.45, 7) is 9.21. The highest BCUT2D eigenvalue weighted by Crippen LogP contribution is 2.20. The maximum absolute atomic E-state index is 10.7. The Morgan fingerprint density at radius 3 is 2.48 bits per heavy atom. The highest BCUT2D eigenvalue weighted by molar-refractivity contribution is 9.10. The van der Waals surface area contributed by atoms with E-state index in [1.807, 2.05) is 20.8 Å². The number of benzene rings is 1. The van der Waals surface area contributed by atoms with Crippen molar-refractivity contribution in [3.63, 3.8) is 0 Å². The number of hydrogen-bond donors (Lipinski definition) is 2. The van der Waals surface area contributed by atoms with Crippen LogP contribution in [0.2, 0.25) is 0 Å². The number of halogens is 1. The molecule has 1 aromatic rings. The van der Waals surface area contributed by atoms with E-state index in [4.69, 9.17) is 9.84 Å². The van der Waals surface area contributed by atoms with Crippen LogP contribution in [-0.2, 0) is 9.53 Å². The molecular formula is C19H24BrNO4. The Morgan fingerprint density at radius 2 is 2.04 bits per heavy atom. The minimum Gasteiger partial charge on any atom is -0.496 e. The van der Waals surface area contributed by atoms with Crippen LogP contribution in [0, 0.1) is 0 Å². The standard InChI is InChI=1S/C11H16O2.C8H8BrNO2/c1-5-6-11(8-12)7-10(4)13-9(2)3;1-10-7-3-2-5(9)4-6(7)8(11)12/h5-9H,1H2,2-4H3;2-4,10H,1H3,(H,11,12)/b10-7+,11-6+;. The molecule has 5 nitrogen and oxygen atoms in total. The van der Waals surface area contributed by atoms with Crippen LogP contribution in [0.3, 0.4) is 0 Å². The number of anilines is 1. The second-order valence-corrected chi connectivity index (χ2v) is 6.10. The van der Waals surface area contributed by atoms with Crippen LogP contribution in [0.4, 0.5) is 5.69 Å². The molecule has 2 N–H and O–H groups in total. The van der Waals surface area contributed by atoms with Gasteiger partial charge in [0.15, 0.2) is 0 Å². The van der Waals surface area contributed by atoms with E-state index in [1.54, 1.807) is 43.5 Å². The molecule has 1 aromatic carbocycles. The molecule has 136 valence electrons. The number of aromatic carboxylic acids is 1. The molecule has 0 aromatic heterocycles. The molecule has 25 heavy (non-hydrogen) atoms. The van der Waals surface area contributed by atoms with E-state index >= 15 is 0 Å². The van der Waals surface area contributed by atoms with E-state index in [0.29, 0.717) is 11.3 Å². The van der Waals surface area contributed by atoms with Crippen molar-refractivity contribution in [2.24, 2.45) is 0 Å². The first-order valence-corrected chi connectivity index (χ1v) is 8.37. The lowest BCUT2D eigenvalue weighted by molar-refractivity contribution is -0.104. The molecule has 0 atom stereocenters. The summed E-state index contributed by atoms with van der Waals surface area (Å²) in [6, 6.07) is 5.07. The number of nitrogens with one attached hydrogen (secondary N) is 1. The minimum absolute atomic E-state index is 0.132. The third-order valence-electron chi connectivity index (χ3n) is 2.72. The van der Waals surface area contributed by atoms with Gasteiger partial charge in [0.05, 0.1) is 17.4 Å². The number of aldehydes is 1. The van der Waals surface area contributed by atoms with E-state index in [-0.39, 0.29) is 11.7 Å². The Hall–Kier alpha value is -2.34. The Labute approximate surface area is 157 Å². The molecule has 0 spiro atoms. The first-order valence-electron chi connectivity index (χ1n) is 7.58. The maximum Gasteiger partial charge on any atom is 0.337 e. The molecule has 1 rings (SSSR count). The van der Waals surface area contributed by atoms with Gasteiger partial charge in [-0.25, -0.2) is 4.79 Å². The quantitative estimate of drug-likeness (QED) is 0.292. The highest BCUT2D eigenvalue weighted by Gasteiger charge is 2.08. The van der Waals surface area contributed by atoms with Crippen molar-refractivity contribution in [3.05, 3.63) is 64.4 Å². The van der Waals surface area contributed by atoms with Crippen LogP contribution in [-0.4, -0.2) is 30.5 Å². The van der Waals surface area contributed by atoms with Crippen molar-refractivity contribution in [2.75, 3.05) is 12.4 Å². The number of rotatable bonds is 7. The first kappa shape index (κ1) is 22.7. The molecule has 0 bridgehead atoms. The molecule has 0 heterocycles. The second kappa shape index (κ2) is 12.1. The van der Waals surface area contributed by atoms with Crippen molar-refractivity contribution in [3.8, 4) is 0 Å². The van der Waals surface area contributed by atoms with Gasteiger partial charge in [-0.3, -0.25) is 4.79 Å². The molecule has 0 saturated carbocycles. The molecule has 6 heteroatoms. The molecule has 0 aliphatic carbocycles. The van der Waals surface area contributed by atoms with Crippen molar-refractivity contribution < 1.29 is 19.4 Å². The van der Waals surface area contributed by atoms with Gasteiger partial charge >= 0.3 is 5.97 Å². The Bertz CT molecular complexity index is 663. The Balaban J connectivity index is 0.000000462. The molecule has 0 aliphatic heterocycles. The smallest absolute Gasteiger partial charge is 0.337 e. The fraction of sp³-hybridized carbons (Fsp3) is 0.263. The van der Waals surface area contributed by atoms with Gasteiger partial charge in [0.2, 0.25) is 0 Å². The fourth-order valence-corrected chi connectivity index (χ4v) is 2.17. The lowest BCUT2D eigenvalue weighted by Gasteiger charge is -2.09. The van der Waals surface area contributed by atoms with E-state index in [2.05, 4.69) is 27.8 Å². The van der Waals surface area contributed by atoms with E-state index in [0.717, 1.165) is 16.5 Å². The average molecular weight is 410 g/mol. The van der Waals surface area contributed by atoms with Gasteiger partial charge in [-0.15, -0.1) is 0 Å². The maximum atomic E-state index is 10.7. The summed E-state index contributed by atoms with van der Waals surface area (Å²) >= 11 is 3.20. The number of carboxylic acid groups (broad SMARTS) is 1. The van der Waals surface area contributed by atoms with Crippen LogP contribution < -0.4 is 5.32 Å².